The summed E-state index contributed by atoms with van der Waals surface area (Å²) in [7, 11) is 0. The number of hydrogen-bond donors (Lipinski definition) is 0. The summed E-state index contributed by atoms with van der Waals surface area (Å²) in [6.45, 7) is 13.3. The van der Waals surface area contributed by atoms with Crippen LogP contribution in [0.5, 0.6) is 0 Å². The summed E-state index contributed by atoms with van der Waals surface area (Å²) >= 11 is 0. The molecule has 0 spiro atoms. The molecular formula is C13H27NO. The minimum atomic E-state index is 0.735. The van der Waals surface area contributed by atoms with Crippen molar-refractivity contribution in [1.82, 2.24) is 4.90 Å². The predicted octanol–water partition coefficient (Wildman–Crippen LogP) is 2.78. The highest BCUT2D eigenvalue weighted by Gasteiger charge is 2.29. The third kappa shape index (κ3) is 3.76. The van der Waals surface area contributed by atoms with Gasteiger partial charge >= 0.3 is 0 Å². The van der Waals surface area contributed by atoms with Crippen LogP contribution in [0.3, 0.4) is 0 Å². The van der Waals surface area contributed by atoms with Gasteiger partial charge in [0.2, 0.25) is 0 Å². The van der Waals surface area contributed by atoms with Gasteiger partial charge in [-0.2, -0.15) is 0 Å². The molecule has 0 aromatic carbocycles. The summed E-state index contributed by atoms with van der Waals surface area (Å²) in [6, 6.07) is 0.735. The van der Waals surface area contributed by atoms with Crippen LogP contribution in [0.25, 0.3) is 0 Å². The molecule has 90 valence electrons. The largest absolute Gasteiger partial charge is 0.380 e. The summed E-state index contributed by atoms with van der Waals surface area (Å²) < 4.78 is 5.44. The lowest BCUT2D eigenvalue weighted by atomic mass is 9.82. The van der Waals surface area contributed by atoms with Crippen molar-refractivity contribution in [3.63, 3.8) is 0 Å². The van der Waals surface area contributed by atoms with Crippen LogP contribution in [0.2, 0.25) is 0 Å². The van der Waals surface area contributed by atoms with E-state index in [1.54, 1.807) is 0 Å². The van der Waals surface area contributed by atoms with E-state index >= 15 is 0 Å². The van der Waals surface area contributed by atoms with Crippen LogP contribution in [-0.4, -0.2) is 37.2 Å². The second-order valence-electron chi connectivity index (χ2n) is 5.02. The van der Waals surface area contributed by atoms with E-state index < -0.39 is 0 Å². The average molecular weight is 213 g/mol. The summed E-state index contributed by atoms with van der Waals surface area (Å²) in [5.74, 6) is 1.69. The Morgan fingerprint density at radius 2 is 2.13 bits per heavy atom. The number of likely N-dealkylation sites (tertiary alicyclic amines) is 1. The van der Waals surface area contributed by atoms with E-state index in [1.807, 2.05) is 0 Å². The van der Waals surface area contributed by atoms with Gasteiger partial charge in [0.15, 0.2) is 0 Å². The van der Waals surface area contributed by atoms with E-state index in [9.17, 15) is 0 Å². The molecule has 1 aliphatic rings. The number of nitrogens with zero attached hydrogens (tertiary/aromatic N) is 1. The van der Waals surface area contributed by atoms with Crippen LogP contribution in [0.15, 0.2) is 0 Å². The normalized spacial score (nSPS) is 28.6. The highest BCUT2D eigenvalue weighted by Crippen LogP contribution is 2.29. The molecule has 0 bridgehead atoms. The van der Waals surface area contributed by atoms with Gasteiger partial charge in [-0.25, -0.2) is 0 Å². The molecule has 2 atom stereocenters. The Hall–Kier alpha value is -0.0800. The Kier molecular flexibility index (Phi) is 5.62. The molecule has 0 amide bonds. The summed E-state index contributed by atoms with van der Waals surface area (Å²) in [6.07, 6.45) is 2.77. The molecule has 15 heavy (non-hydrogen) atoms. The second-order valence-corrected chi connectivity index (χ2v) is 5.02. The Morgan fingerprint density at radius 1 is 1.40 bits per heavy atom. The Labute approximate surface area is 95.0 Å². The fourth-order valence-corrected chi connectivity index (χ4v) is 2.78. The maximum Gasteiger partial charge on any atom is 0.0593 e. The topological polar surface area (TPSA) is 12.5 Å². The zero-order valence-corrected chi connectivity index (χ0v) is 10.8. The van der Waals surface area contributed by atoms with Crippen molar-refractivity contribution >= 4 is 0 Å². The second kappa shape index (κ2) is 6.49. The molecule has 1 saturated heterocycles. The van der Waals surface area contributed by atoms with Crippen molar-refractivity contribution < 1.29 is 4.74 Å². The molecule has 0 N–H and O–H groups in total. The van der Waals surface area contributed by atoms with Crippen LogP contribution >= 0.6 is 0 Å². The predicted molar refractivity (Wildman–Crippen MR) is 65.1 cm³/mol. The first-order chi connectivity index (χ1) is 7.16. The molecule has 2 nitrogen and oxygen atoms in total. The van der Waals surface area contributed by atoms with Crippen LogP contribution < -0.4 is 0 Å². The smallest absolute Gasteiger partial charge is 0.0593 e. The van der Waals surface area contributed by atoms with Crippen molar-refractivity contribution in [2.24, 2.45) is 11.8 Å². The lowest BCUT2D eigenvalue weighted by Gasteiger charge is -2.41. The molecule has 0 saturated carbocycles. The van der Waals surface area contributed by atoms with E-state index in [-0.39, 0.29) is 0 Å². The molecule has 0 unspecified atom stereocenters. The van der Waals surface area contributed by atoms with Gasteiger partial charge in [-0.3, -0.25) is 4.90 Å². The van der Waals surface area contributed by atoms with Crippen molar-refractivity contribution in [3.8, 4) is 0 Å². The van der Waals surface area contributed by atoms with Crippen LogP contribution in [0, 0.1) is 11.8 Å². The van der Waals surface area contributed by atoms with Gasteiger partial charge < -0.3 is 4.74 Å². The highest BCUT2D eigenvalue weighted by atomic mass is 16.5. The molecular weight excluding hydrogens is 186 g/mol. The Morgan fingerprint density at radius 3 is 2.73 bits per heavy atom. The number of hydrogen-bond acceptors (Lipinski definition) is 2. The first-order valence-electron chi connectivity index (χ1n) is 6.48. The van der Waals surface area contributed by atoms with Crippen molar-refractivity contribution in [2.45, 2.75) is 46.6 Å². The summed E-state index contributed by atoms with van der Waals surface area (Å²) in [5, 5.41) is 0. The number of ether oxygens (including phenoxy) is 1. The molecule has 0 radical (unpaired) electrons. The van der Waals surface area contributed by atoms with E-state index in [4.69, 9.17) is 4.74 Å². The number of rotatable bonds is 5. The van der Waals surface area contributed by atoms with Gasteiger partial charge in [0, 0.05) is 19.2 Å². The highest BCUT2D eigenvalue weighted by molar-refractivity contribution is 4.82. The SMILES string of the molecule is CCOCCN1CCC[C@@H](C(C)C)[C@H]1C. The maximum absolute atomic E-state index is 5.44. The van der Waals surface area contributed by atoms with Crippen LogP contribution in [0.4, 0.5) is 0 Å². The third-order valence-electron chi connectivity index (χ3n) is 3.76. The fourth-order valence-electron chi connectivity index (χ4n) is 2.78. The van der Waals surface area contributed by atoms with Gasteiger partial charge in [0.05, 0.1) is 6.61 Å². The monoisotopic (exact) mass is 213 g/mol. The van der Waals surface area contributed by atoms with Crippen molar-refractivity contribution in [1.29, 1.82) is 0 Å². The quantitative estimate of drug-likeness (QED) is 0.651. The molecule has 1 aliphatic heterocycles. The molecule has 1 fully saturated rings. The molecule has 0 aliphatic carbocycles. The van der Waals surface area contributed by atoms with Gasteiger partial charge in [0.1, 0.15) is 0 Å². The minimum Gasteiger partial charge on any atom is -0.380 e. The van der Waals surface area contributed by atoms with E-state index in [2.05, 4.69) is 32.6 Å². The van der Waals surface area contributed by atoms with Gasteiger partial charge in [-0.05, 0) is 45.1 Å². The Balaban J connectivity index is 2.36. The zero-order valence-electron chi connectivity index (χ0n) is 10.8. The van der Waals surface area contributed by atoms with Gasteiger partial charge in [0.25, 0.3) is 0 Å². The van der Waals surface area contributed by atoms with E-state index in [1.165, 1.54) is 19.4 Å². The van der Waals surface area contributed by atoms with Crippen LogP contribution in [0.1, 0.15) is 40.5 Å². The average Bonchev–Trinajstić information content (AvgIpc) is 2.20. The molecule has 0 aromatic heterocycles. The lowest BCUT2D eigenvalue weighted by molar-refractivity contribution is 0.0444. The van der Waals surface area contributed by atoms with Crippen molar-refractivity contribution in [2.75, 3.05) is 26.3 Å². The van der Waals surface area contributed by atoms with E-state index in [0.717, 1.165) is 37.6 Å². The zero-order chi connectivity index (χ0) is 11.3. The standard InChI is InChI=1S/C13H27NO/c1-5-15-10-9-14-8-6-7-13(11(2)3)12(14)4/h11-13H,5-10H2,1-4H3/t12-,13+/m1/s1. The fraction of sp³-hybridized carbons (Fsp3) is 1.00. The van der Waals surface area contributed by atoms with Crippen LogP contribution in [-0.2, 0) is 4.74 Å². The maximum atomic E-state index is 5.44. The Bertz CT molecular complexity index is 170. The molecule has 1 heterocycles. The van der Waals surface area contributed by atoms with E-state index in [0.29, 0.717) is 0 Å². The van der Waals surface area contributed by atoms with Gasteiger partial charge in [-0.15, -0.1) is 0 Å². The first-order valence-corrected chi connectivity index (χ1v) is 6.48. The molecule has 2 heteroatoms. The summed E-state index contributed by atoms with van der Waals surface area (Å²) in [4.78, 5) is 2.60. The molecule has 1 rings (SSSR count). The van der Waals surface area contributed by atoms with Crippen molar-refractivity contribution in [3.05, 3.63) is 0 Å². The number of piperidine rings is 1. The molecule has 0 aromatic rings. The summed E-state index contributed by atoms with van der Waals surface area (Å²) in [5.41, 5.74) is 0. The lowest BCUT2D eigenvalue weighted by Crippen LogP contribution is -2.46. The first kappa shape index (κ1) is 13.0. The minimum absolute atomic E-state index is 0.735. The van der Waals surface area contributed by atoms with Gasteiger partial charge in [-0.1, -0.05) is 13.8 Å². The third-order valence-corrected chi connectivity index (χ3v) is 3.76.